The summed E-state index contributed by atoms with van der Waals surface area (Å²) in [4.78, 5) is 35.7. The second-order valence-corrected chi connectivity index (χ2v) is 10.1. The SMILES string of the molecule is CCC(C)N(C(=O)Cn1c(C2CC(=O)N(C3CCCCC3)C2)nc2ccccc21)C(C)CC. The first-order valence-corrected chi connectivity index (χ1v) is 13.0. The molecule has 2 aliphatic rings. The van der Waals surface area contributed by atoms with Gasteiger partial charge in [-0.1, -0.05) is 45.2 Å². The summed E-state index contributed by atoms with van der Waals surface area (Å²) < 4.78 is 2.09. The quantitative estimate of drug-likeness (QED) is 0.559. The normalized spacial score (nSPS) is 21.5. The molecule has 6 heteroatoms. The zero-order valence-corrected chi connectivity index (χ0v) is 20.8. The van der Waals surface area contributed by atoms with Crippen LogP contribution >= 0.6 is 0 Å². The van der Waals surface area contributed by atoms with E-state index in [2.05, 4.69) is 37.2 Å². The van der Waals surface area contributed by atoms with E-state index in [0.29, 0.717) is 12.5 Å². The molecule has 0 bridgehead atoms. The van der Waals surface area contributed by atoms with Crippen LogP contribution in [0.25, 0.3) is 11.0 Å². The Balaban J connectivity index is 1.64. The van der Waals surface area contributed by atoms with E-state index in [1.165, 1.54) is 19.3 Å². The summed E-state index contributed by atoms with van der Waals surface area (Å²) >= 11 is 0. The molecule has 4 rings (SSSR count). The van der Waals surface area contributed by atoms with Crippen LogP contribution in [0.3, 0.4) is 0 Å². The lowest BCUT2D eigenvalue weighted by atomic mass is 9.94. The highest BCUT2D eigenvalue weighted by Crippen LogP contribution is 2.34. The molecule has 1 aromatic heterocycles. The van der Waals surface area contributed by atoms with E-state index in [1.807, 2.05) is 29.2 Å². The van der Waals surface area contributed by atoms with Crippen LogP contribution in [-0.2, 0) is 16.1 Å². The highest BCUT2D eigenvalue weighted by molar-refractivity contribution is 5.83. The molecule has 3 atom stereocenters. The van der Waals surface area contributed by atoms with Gasteiger partial charge in [0.25, 0.3) is 0 Å². The number of amides is 2. The molecule has 1 aliphatic heterocycles. The fourth-order valence-electron chi connectivity index (χ4n) is 5.76. The van der Waals surface area contributed by atoms with Crippen LogP contribution in [0.2, 0.25) is 0 Å². The molecule has 0 N–H and O–H groups in total. The van der Waals surface area contributed by atoms with Gasteiger partial charge in [-0.3, -0.25) is 9.59 Å². The molecular weight excluding hydrogens is 412 g/mol. The van der Waals surface area contributed by atoms with Gasteiger partial charge >= 0.3 is 0 Å². The number of benzene rings is 1. The van der Waals surface area contributed by atoms with Crippen molar-refractivity contribution in [2.45, 2.75) is 110 Å². The predicted octanol–water partition coefficient (Wildman–Crippen LogP) is 5.11. The maximum absolute atomic E-state index is 13.6. The van der Waals surface area contributed by atoms with E-state index in [1.54, 1.807) is 0 Å². The van der Waals surface area contributed by atoms with Gasteiger partial charge in [0, 0.05) is 37.0 Å². The Kier molecular flexibility index (Phi) is 7.40. The summed E-state index contributed by atoms with van der Waals surface area (Å²) in [6, 6.07) is 8.82. The van der Waals surface area contributed by atoms with Crippen molar-refractivity contribution in [3.63, 3.8) is 0 Å². The molecule has 1 aliphatic carbocycles. The lowest BCUT2D eigenvalue weighted by Crippen LogP contribution is -2.46. The first-order valence-electron chi connectivity index (χ1n) is 13.0. The minimum absolute atomic E-state index is 0.0419. The van der Waals surface area contributed by atoms with E-state index in [9.17, 15) is 9.59 Å². The molecular formula is C27H40N4O2. The van der Waals surface area contributed by atoms with Gasteiger partial charge in [0.05, 0.1) is 11.0 Å². The summed E-state index contributed by atoms with van der Waals surface area (Å²) in [6.07, 6.45) is 8.30. The van der Waals surface area contributed by atoms with Crippen molar-refractivity contribution in [3.8, 4) is 0 Å². The number of carbonyl (C=O) groups is 2. The van der Waals surface area contributed by atoms with Gasteiger partial charge in [-0.05, 0) is 51.7 Å². The second-order valence-electron chi connectivity index (χ2n) is 10.1. The van der Waals surface area contributed by atoms with Crippen molar-refractivity contribution in [2.24, 2.45) is 0 Å². The number of hydrogen-bond donors (Lipinski definition) is 0. The molecule has 0 radical (unpaired) electrons. The molecule has 0 spiro atoms. The predicted molar refractivity (Wildman–Crippen MR) is 132 cm³/mol. The molecule has 33 heavy (non-hydrogen) atoms. The van der Waals surface area contributed by atoms with Gasteiger partial charge in [0.1, 0.15) is 12.4 Å². The average molecular weight is 453 g/mol. The number of carbonyl (C=O) groups excluding carboxylic acids is 2. The van der Waals surface area contributed by atoms with E-state index in [4.69, 9.17) is 4.98 Å². The number of para-hydroxylation sites is 2. The Hall–Kier alpha value is -2.37. The zero-order valence-electron chi connectivity index (χ0n) is 20.8. The van der Waals surface area contributed by atoms with Crippen molar-refractivity contribution in [1.29, 1.82) is 0 Å². The van der Waals surface area contributed by atoms with Crippen LogP contribution in [0.4, 0.5) is 0 Å². The summed E-state index contributed by atoms with van der Waals surface area (Å²) in [5.74, 6) is 1.32. The Morgan fingerprint density at radius 1 is 1.09 bits per heavy atom. The van der Waals surface area contributed by atoms with Gasteiger partial charge in [-0.2, -0.15) is 0 Å². The molecule has 1 saturated heterocycles. The smallest absolute Gasteiger partial charge is 0.243 e. The summed E-state index contributed by atoms with van der Waals surface area (Å²) in [5, 5.41) is 0. The molecule has 2 heterocycles. The summed E-state index contributed by atoms with van der Waals surface area (Å²) in [5.41, 5.74) is 1.89. The fourth-order valence-corrected chi connectivity index (χ4v) is 5.76. The number of fused-ring (bicyclic) bond motifs is 1. The van der Waals surface area contributed by atoms with E-state index in [0.717, 1.165) is 49.1 Å². The first-order chi connectivity index (χ1) is 15.9. The molecule has 6 nitrogen and oxygen atoms in total. The molecule has 2 amide bonds. The van der Waals surface area contributed by atoms with Crippen molar-refractivity contribution < 1.29 is 9.59 Å². The summed E-state index contributed by atoms with van der Waals surface area (Å²) in [6.45, 7) is 9.54. The minimum atomic E-state index is 0.0419. The van der Waals surface area contributed by atoms with Crippen LogP contribution in [0.1, 0.15) is 90.8 Å². The summed E-state index contributed by atoms with van der Waals surface area (Å²) in [7, 11) is 0. The Morgan fingerprint density at radius 3 is 2.42 bits per heavy atom. The maximum Gasteiger partial charge on any atom is 0.243 e. The number of nitrogens with zero attached hydrogens (tertiary/aromatic N) is 4. The Labute approximate surface area is 198 Å². The van der Waals surface area contributed by atoms with Gasteiger partial charge < -0.3 is 14.4 Å². The van der Waals surface area contributed by atoms with Gasteiger partial charge in [0.15, 0.2) is 0 Å². The van der Waals surface area contributed by atoms with Crippen LogP contribution < -0.4 is 0 Å². The molecule has 3 unspecified atom stereocenters. The molecule has 2 aromatic rings. The second kappa shape index (κ2) is 10.3. The van der Waals surface area contributed by atoms with Gasteiger partial charge in [-0.25, -0.2) is 4.98 Å². The third kappa shape index (κ3) is 4.80. The minimum Gasteiger partial charge on any atom is -0.339 e. The number of hydrogen-bond acceptors (Lipinski definition) is 3. The molecule has 180 valence electrons. The Bertz CT molecular complexity index is 968. The largest absolute Gasteiger partial charge is 0.339 e. The van der Waals surface area contributed by atoms with Gasteiger partial charge in [-0.15, -0.1) is 0 Å². The number of likely N-dealkylation sites (tertiary alicyclic amines) is 1. The standard InChI is InChI=1S/C27H40N4O2/c1-5-19(3)31(20(4)6-2)26(33)18-30-24-15-11-10-14-23(24)28-27(30)21-16-25(32)29(17-21)22-12-8-7-9-13-22/h10-11,14-15,19-22H,5-9,12-13,16-18H2,1-4H3. The zero-order chi connectivity index (χ0) is 23.5. The lowest BCUT2D eigenvalue weighted by molar-refractivity contribution is -0.136. The fraction of sp³-hybridized carbons (Fsp3) is 0.667. The lowest BCUT2D eigenvalue weighted by Gasteiger charge is -2.34. The van der Waals surface area contributed by atoms with Crippen LogP contribution in [0.15, 0.2) is 24.3 Å². The van der Waals surface area contributed by atoms with E-state index in [-0.39, 0.29) is 36.4 Å². The number of imidazole rings is 1. The maximum atomic E-state index is 13.6. The van der Waals surface area contributed by atoms with Crippen molar-refractivity contribution in [1.82, 2.24) is 19.4 Å². The van der Waals surface area contributed by atoms with E-state index >= 15 is 0 Å². The highest BCUT2D eigenvalue weighted by atomic mass is 16.2. The van der Waals surface area contributed by atoms with Crippen LogP contribution in [0.5, 0.6) is 0 Å². The van der Waals surface area contributed by atoms with Crippen LogP contribution in [0, 0.1) is 0 Å². The van der Waals surface area contributed by atoms with Crippen molar-refractivity contribution >= 4 is 22.8 Å². The van der Waals surface area contributed by atoms with Gasteiger partial charge in [0.2, 0.25) is 11.8 Å². The molecule has 1 saturated carbocycles. The third-order valence-electron chi connectivity index (χ3n) is 7.94. The topological polar surface area (TPSA) is 58.4 Å². The van der Waals surface area contributed by atoms with E-state index < -0.39 is 0 Å². The average Bonchev–Trinajstić information content (AvgIpc) is 3.40. The highest BCUT2D eigenvalue weighted by Gasteiger charge is 2.38. The molecule has 2 fully saturated rings. The number of aromatic nitrogens is 2. The third-order valence-corrected chi connectivity index (χ3v) is 7.94. The first kappa shape index (κ1) is 23.8. The van der Waals surface area contributed by atoms with Crippen molar-refractivity contribution in [3.05, 3.63) is 30.1 Å². The van der Waals surface area contributed by atoms with Crippen LogP contribution in [-0.4, -0.2) is 55.8 Å². The Morgan fingerprint density at radius 2 is 1.76 bits per heavy atom. The monoisotopic (exact) mass is 452 g/mol. The molecule has 1 aromatic carbocycles. The van der Waals surface area contributed by atoms with Crippen molar-refractivity contribution in [2.75, 3.05) is 6.54 Å². The number of rotatable bonds is 8.